The van der Waals surface area contributed by atoms with Gasteiger partial charge in [-0.3, -0.25) is 0 Å². The average Bonchev–Trinajstić information content (AvgIpc) is 2.96. The molecule has 1 saturated carbocycles. The van der Waals surface area contributed by atoms with Gasteiger partial charge in [0.15, 0.2) is 15.6 Å². The zero-order valence-corrected chi connectivity index (χ0v) is 12.4. The number of ether oxygens (including phenoxy) is 2. The molecule has 0 aromatic heterocycles. The molecule has 2 atom stereocenters. The van der Waals surface area contributed by atoms with Gasteiger partial charge in [-0.25, -0.2) is 8.42 Å². The summed E-state index contributed by atoms with van der Waals surface area (Å²) in [6, 6.07) is 10.4. The van der Waals surface area contributed by atoms with Crippen molar-refractivity contribution >= 4 is 9.84 Å². The molecule has 2 aliphatic rings. The van der Waals surface area contributed by atoms with E-state index in [1.165, 1.54) is 0 Å². The number of nitriles is 1. The average molecular weight is 307 g/mol. The first-order valence-corrected chi connectivity index (χ1v) is 8.58. The third kappa shape index (κ3) is 2.57. The van der Waals surface area contributed by atoms with Crippen LogP contribution in [0.25, 0.3) is 0 Å². The first-order chi connectivity index (χ1) is 10.1. The summed E-state index contributed by atoms with van der Waals surface area (Å²) in [5.74, 6) is -1.34. The summed E-state index contributed by atoms with van der Waals surface area (Å²) in [6.07, 6.45) is 1.28. The maximum atomic E-state index is 12.8. The highest BCUT2D eigenvalue weighted by Crippen LogP contribution is 2.42. The Labute approximate surface area is 124 Å². The molecule has 112 valence electrons. The normalized spacial score (nSPS) is 28.3. The van der Waals surface area contributed by atoms with Crippen molar-refractivity contribution in [3.63, 3.8) is 0 Å². The fraction of sp³-hybridized carbons (Fsp3) is 0.533. The van der Waals surface area contributed by atoms with Gasteiger partial charge in [0, 0.05) is 12.8 Å². The van der Waals surface area contributed by atoms with Crippen LogP contribution in [-0.4, -0.2) is 32.7 Å². The van der Waals surface area contributed by atoms with Gasteiger partial charge < -0.3 is 9.47 Å². The minimum absolute atomic E-state index is 0.225. The molecule has 1 aromatic carbocycles. The molecule has 1 aliphatic carbocycles. The third-order valence-electron chi connectivity index (χ3n) is 4.25. The second-order valence-corrected chi connectivity index (χ2v) is 7.65. The Kier molecular flexibility index (Phi) is 3.74. The lowest BCUT2D eigenvalue weighted by atomic mass is 9.85. The molecular weight excluding hydrogens is 290 g/mol. The highest BCUT2D eigenvalue weighted by Gasteiger charge is 2.50. The Bertz CT molecular complexity index is 644. The number of hydrogen-bond donors (Lipinski definition) is 0. The van der Waals surface area contributed by atoms with E-state index in [0.29, 0.717) is 26.1 Å². The Morgan fingerprint density at radius 2 is 1.86 bits per heavy atom. The summed E-state index contributed by atoms with van der Waals surface area (Å²) in [5.41, 5.74) is 0. The van der Waals surface area contributed by atoms with Crippen molar-refractivity contribution in [2.45, 2.75) is 35.2 Å². The number of benzene rings is 1. The Morgan fingerprint density at radius 1 is 1.19 bits per heavy atom. The van der Waals surface area contributed by atoms with Crippen LogP contribution < -0.4 is 0 Å². The number of nitrogens with zero attached hydrogens (tertiary/aromatic N) is 1. The lowest BCUT2D eigenvalue weighted by molar-refractivity contribution is -0.178. The molecule has 6 heteroatoms. The molecule has 1 saturated heterocycles. The van der Waals surface area contributed by atoms with Gasteiger partial charge >= 0.3 is 0 Å². The van der Waals surface area contributed by atoms with Crippen LogP contribution in [0.3, 0.4) is 0 Å². The second-order valence-electron chi connectivity index (χ2n) is 5.48. The van der Waals surface area contributed by atoms with E-state index < -0.39 is 26.8 Å². The zero-order valence-electron chi connectivity index (χ0n) is 11.6. The van der Waals surface area contributed by atoms with Crippen molar-refractivity contribution in [2.24, 2.45) is 5.92 Å². The van der Waals surface area contributed by atoms with Gasteiger partial charge in [-0.2, -0.15) is 5.26 Å². The standard InChI is InChI=1S/C15H17NO4S/c16-11-12-6-7-15(19-8-9-20-15)10-14(12)21(17,18)13-4-2-1-3-5-13/h1-5,12,14H,6-10H2/t12-,14+/m0/s1. The molecule has 2 fully saturated rings. The first kappa shape index (κ1) is 14.5. The minimum atomic E-state index is -3.57. The maximum absolute atomic E-state index is 12.8. The molecule has 1 aliphatic heterocycles. The van der Waals surface area contributed by atoms with Crippen molar-refractivity contribution in [3.8, 4) is 6.07 Å². The highest BCUT2D eigenvalue weighted by atomic mass is 32.2. The summed E-state index contributed by atoms with van der Waals surface area (Å²) in [5, 5.41) is 8.53. The van der Waals surface area contributed by atoms with Crippen LogP contribution in [-0.2, 0) is 19.3 Å². The SMILES string of the molecule is N#C[C@@H]1CCC2(C[C@H]1S(=O)(=O)c1ccccc1)OCCO2. The zero-order chi connectivity index (χ0) is 14.9. The molecule has 0 N–H and O–H groups in total. The Hall–Kier alpha value is -1.42. The van der Waals surface area contributed by atoms with Crippen LogP contribution in [0, 0.1) is 17.2 Å². The molecule has 0 unspecified atom stereocenters. The number of rotatable bonds is 2. The molecule has 0 radical (unpaired) electrons. The molecule has 5 nitrogen and oxygen atoms in total. The van der Waals surface area contributed by atoms with Gasteiger partial charge in [-0.1, -0.05) is 18.2 Å². The number of hydrogen-bond acceptors (Lipinski definition) is 5. The van der Waals surface area contributed by atoms with Crippen LogP contribution in [0.4, 0.5) is 0 Å². The fourth-order valence-corrected chi connectivity index (χ4v) is 5.12. The molecule has 1 aromatic rings. The fourth-order valence-electron chi connectivity index (χ4n) is 3.13. The van der Waals surface area contributed by atoms with Gasteiger partial charge in [-0.05, 0) is 18.6 Å². The largest absolute Gasteiger partial charge is 0.347 e. The van der Waals surface area contributed by atoms with E-state index >= 15 is 0 Å². The smallest absolute Gasteiger partial charge is 0.182 e. The quantitative estimate of drug-likeness (QED) is 0.834. The third-order valence-corrected chi connectivity index (χ3v) is 6.47. The van der Waals surface area contributed by atoms with Gasteiger partial charge in [0.1, 0.15) is 0 Å². The predicted octanol–water partition coefficient (Wildman–Crippen LogP) is 1.90. The van der Waals surface area contributed by atoms with E-state index in [9.17, 15) is 13.7 Å². The lowest BCUT2D eigenvalue weighted by Gasteiger charge is -2.38. The highest BCUT2D eigenvalue weighted by molar-refractivity contribution is 7.92. The van der Waals surface area contributed by atoms with Crippen molar-refractivity contribution in [2.75, 3.05) is 13.2 Å². The van der Waals surface area contributed by atoms with E-state index in [1.54, 1.807) is 30.3 Å². The predicted molar refractivity (Wildman–Crippen MR) is 75.0 cm³/mol. The van der Waals surface area contributed by atoms with E-state index in [2.05, 4.69) is 6.07 Å². The second kappa shape index (κ2) is 5.41. The maximum Gasteiger partial charge on any atom is 0.182 e. The molecule has 21 heavy (non-hydrogen) atoms. The summed E-state index contributed by atoms with van der Waals surface area (Å²) in [6.45, 7) is 0.963. The van der Waals surface area contributed by atoms with E-state index in [1.807, 2.05) is 0 Å². The monoisotopic (exact) mass is 307 g/mol. The lowest BCUT2D eigenvalue weighted by Crippen LogP contribution is -2.45. The molecule has 0 bridgehead atoms. The van der Waals surface area contributed by atoms with E-state index in [0.717, 1.165) is 0 Å². The van der Waals surface area contributed by atoms with Crippen molar-refractivity contribution in [3.05, 3.63) is 30.3 Å². The first-order valence-electron chi connectivity index (χ1n) is 7.04. The minimum Gasteiger partial charge on any atom is -0.347 e. The summed E-state index contributed by atoms with van der Waals surface area (Å²) in [7, 11) is -3.57. The van der Waals surface area contributed by atoms with Gasteiger partial charge in [0.2, 0.25) is 0 Å². The van der Waals surface area contributed by atoms with Crippen molar-refractivity contribution in [1.29, 1.82) is 5.26 Å². The topological polar surface area (TPSA) is 76.4 Å². The van der Waals surface area contributed by atoms with E-state index in [4.69, 9.17) is 9.47 Å². The van der Waals surface area contributed by atoms with Gasteiger partial charge in [0.25, 0.3) is 0 Å². The van der Waals surface area contributed by atoms with Crippen molar-refractivity contribution in [1.82, 2.24) is 0 Å². The number of sulfone groups is 1. The van der Waals surface area contributed by atoms with Crippen LogP contribution in [0.2, 0.25) is 0 Å². The Balaban J connectivity index is 1.95. The van der Waals surface area contributed by atoms with Gasteiger partial charge in [-0.15, -0.1) is 0 Å². The van der Waals surface area contributed by atoms with Crippen molar-refractivity contribution < 1.29 is 17.9 Å². The molecule has 0 amide bonds. The summed E-state index contributed by atoms with van der Waals surface area (Å²) in [4.78, 5) is 0.255. The molecule has 1 spiro atoms. The molecule has 1 heterocycles. The Morgan fingerprint density at radius 3 is 2.48 bits per heavy atom. The van der Waals surface area contributed by atoms with Crippen LogP contribution in [0.5, 0.6) is 0 Å². The van der Waals surface area contributed by atoms with Gasteiger partial charge in [0.05, 0.1) is 35.3 Å². The van der Waals surface area contributed by atoms with Crippen LogP contribution in [0.1, 0.15) is 19.3 Å². The van der Waals surface area contributed by atoms with E-state index in [-0.39, 0.29) is 11.3 Å². The summed E-state index contributed by atoms with van der Waals surface area (Å²) >= 11 is 0. The van der Waals surface area contributed by atoms with Crippen LogP contribution >= 0.6 is 0 Å². The summed E-state index contributed by atoms with van der Waals surface area (Å²) < 4.78 is 36.9. The molecule has 3 rings (SSSR count). The van der Waals surface area contributed by atoms with Crippen LogP contribution in [0.15, 0.2) is 35.2 Å². The molecular formula is C15H17NO4S.